The highest BCUT2D eigenvalue weighted by Crippen LogP contribution is 2.19. The van der Waals surface area contributed by atoms with Crippen molar-refractivity contribution in [3.63, 3.8) is 0 Å². The number of nitrogens with one attached hydrogen (secondary N) is 1. The molecule has 1 N–H and O–H groups in total. The molecule has 0 aliphatic carbocycles. The average molecular weight is 333 g/mol. The van der Waals surface area contributed by atoms with Gasteiger partial charge in [0.25, 0.3) is 0 Å². The molecule has 2 heterocycles. The van der Waals surface area contributed by atoms with Gasteiger partial charge in [0.05, 0.1) is 12.7 Å². The van der Waals surface area contributed by atoms with E-state index < -0.39 is 0 Å². The van der Waals surface area contributed by atoms with Gasteiger partial charge in [-0.05, 0) is 35.8 Å². The summed E-state index contributed by atoms with van der Waals surface area (Å²) in [6, 6.07) is 2.78. The van der Waals surface area contributed by atoms with Gasteiger partial charge in [0, 0.05) is 47.0 Å². The van der Waals surface area contributed by atoms with Crippen molar-refractivity contribution >= 4 is 27.3 Å². The first-order valence-corrected chi connectivity index (χ1v) is 8.11. The van der Waals surface area contributed by atoms with Crippen LogP contribution in [-0.2, 0) is 11.3 Å². The highest BCUT2D eigenvalue weighted by Gasteiger charge is 2.21. The maximum atomic E-state index is 5.79. The van der Waals surface area contributed by atoms with Crippen molar-refractivity contribution in [2.75, 3.05) is 26.2 Å². The zero-order chi connectivity index (χ0) is 13.0. The van der Waals surface area contributed by atoms with Crippen molar-refractivity contribution in [2.45, 2.75) is 32.5 Å². The summed E-state index contributed by atoms with van der Waals surface area (Å²) in [6.07, 6.45) is 0.324. The molecule has 1 atom stereocenters. The van der Waals surface area contributed by atoms with E-state index in [1.54, 1.807) is 11.3 Å². The third kappa shape index (κ3) is 4.31. The van der Waals surface area contributed by atoms with Crippen LogP contribution in [0.5, 0.6) is 0 Å². The molecule has 1 unspecified atom stereocenters. The second kappa shape index (κ2) is 7.01. The number of rotatable bonds is 5. The third-order valence-electron chi connectivity index (χ3n) is 3.19. The zero-order valence-corrected chi connectivity index (χ0v) is 13.4. The van der Waals surface area contributed by atoms with Gasteiger partial charge in [-0.15, -0.1) is 11.3 Å². The van der Waals surface area contributed by atoms with Crippen molar-refractivity contribution in [1.29, 1.82) is 0 Å². The molecule has 0 radical (unpaired) electrons. The molecule has 1 aromatic heterocycles. The molecule has 0 bridgehead atoms. The van der Waals surface area contributed by atoms with E-state index in [9.17, 15) is 0 Å². The van der Waals surface area contributed by atoms with Crippen molar-refractivity contribution < 1.29 is 4.74 Å². The monoisotopic (exact) mass is 332 g/mol. The number of nitrogens with zero attached hydrogens (tertiary/aromatic N) is 1. The van der Waals surface area contributed by atoms with Crippen LogP contribution in [0.15, 0.2) is 15.9 Å². The smallest absolute Gasteiger partial charge is 0.0826 e. The Kier molecular flexibility index (Phi) is 5.63. The minimum Gasteiger partial charge on any atom is -0.374 e. The fourth-order valence-electron chi connectivity index (χ4n) is 2.14. The third-order valence-corrected chi connectivity index (χ3v) is 4.89. The van der Waals surface area contributed by atoms with Crippen LogP contribution in [0.2, 0.25) is 0 Å². The first-order chi connectivity index (χ1) is 8.65. The van der Waals surface area contributed by atoms with E-state index in [1.165, 1.54) is 9.35 Å². The van der Waals surface area contributed by atoms with Gasteiger partial charge in [0.15, 0.2) is 0 Å². The predicted octanol–water partition coefficient (Wildman–Crippen LogP) is 2.71. The predicted molar refractivity (Wildman–Crippen MR) is 80.2 cm³/mol. The Balaban J connectivity index is 1.70. The van der Waals surface area contributed by atoms with Crippen molar-refractivity contribution in [1.82, 2.24) is 10.2 Å². The van der Waals surface area contributed by atoms with Crippen LogP contribution < -0.4 is 5.32 Å². The lowest BCUT2D eigenvalue weighted by molar-refractivity contribution is -0.0372. The first kappa shape index (κ1) is 14.5. The minimum atomic E-state index is 0.324. The lowest BCUT2D eigenvalue weighted by Crippen LogP contribution is -2.48. The Labute approximate surface area is 122 Å². The van der Waals surface area contributed by atoms with Crippen LogP contribution >= 0.6 is 27.3 Å². The Morgan fingerprint density at radius 3 is 3.11 bits per heavy atom. The van der Waals surface area contributed by atoms with E-state index in [-0.39, 0.29) is 0 Å². The lowest BCUT2D eigenvalue weighted by Gasteiger charge is -2.35. The molecule has 102 valence electrons. The number of thiophene rings is 1. The number of hydrogen-bond acceptors (Lipinski definition) is 4. The molecule has 5 heteroatoms. The van der Waals surface area contributed by atoms with Gasteiger partial charge in [-0.1, -0.05) is 0 Å². The quantitative estimate of drug-likeness (QED) is 0.897. The van der Waals surface area contributed by atoms with Crippen LogP contribution in [0.1, 0.15) is 18.7 Å². The summed E-state index contributed by atoms with van der Waals surface area (Å²) in [4.78, 5) is 3.84. The van der Waals surface area contributed by atoms with Gasteiger partial charge in [-0.2, -0.15) is 0 Å². The Morgan fingerprint density at radius 2 is 2.44 bits per heavy atom. The molecule has 18 heavy (non-hydrogen) atoms. The van der Waals surface area contributed by atoms with E-state index in [1.807, 2.05) is 0 Å². The van der Waals surface area contributed by atoms with Crippen LogP contribution in [0.3, 0.4) is 0 Å². The normalized spacial score (nSPS) is 21.7. The van der Waals surface area contributed by atoms with E-state index in [4.69, 9.17) is 4.74 Å². The fourth-order valence-corrected chi connectivity index (χ4v) is 3.56. The number of hydrogen-bond donors (Lipinski definition) is 1. The summed E-state index contributed by atoms with van der Waals surface area (Å²) < 4.78 is 6.96. The number of morpholine rings is 1. The SMILES string of the molecule is CC(C)N1CCOC(CNCc2cc(Br)cs2)C1. The molecular weight excluding hydrogens is 312 g/mol. The second-order valence-corrected chi connectivity index (χ2v) is 6.86. The number of ether oxygens (including phenoxy) is 1. The Morgan fingerprint density at radius 1 is 1.61 bits per heavy atom. The van der Waals surface area contributed by atoms with E-state index in [0.717, 1.165) is 32.8 Å². The summed E-state index contributed by atoms with van der Waals surface area (Å²) in [5.74, 6) is 0. The molecule has 0 aromatic carbocycles. The Bertz CT molecular complexity index is 370. The summed E-state index contributed by atoms with van der Waals surface area (Å²) in [7, 11) is 0. The molecule has 1 saturated heterocycles. The summed E-state index contributed by atoms with van der Waals surface area (Å²) in [5.41, 5.74) is 0. The van der Waals surface area contributed by atoms with Crippen LogP contribution in [0.4, 0.5) is 0 Å². The molecule has 0 saturated carbocycles. The molecule has 1 fully saturated rings. The van der Waals surface area contributed by atoms with E-state index in [0.29, 0.717) is 12.1 Å². The van der Waals surface area contributed by atoms with Crippen molar-refractivity contribution in [3.05, 3.63) is 20.8 Å². The van der Waals surface area contributed by atoms with Crippen LogP contribution in [-0.4, -0.2) is 43.3 Å². The maximum absolute atomic E-state index is 5.79. The summed E-state index contributed by atoms with van der Waals surface area (Å²) in [5, 5.41) is 5.60. The zero-order valence-electron chi connectivity index (χ0n) is 11.0. The average Bonchev–Trinajstić information content (AvgIpc) is 2.75. The molecule has 0 spiro atoms. The maximum Gasteiger partial charge on any atom is 0.0826 e. The van der Waals surface area contributed by atoms with Crippen LogP contribution in [0, 0.1) is 0 Å². The van der Waals surface area contributed by atoms with Gasteiger partial charge >= 0.3 is 0 Å². The van der Waals surface area contributed by atoms with Gasteiger partial charge < -0.3 is 10.1 Å². The van der Waals surface area contributed by atoms with Gasteiger partial charge in [-0.25, -0.2) is 0 Å². The minimum absolute atomic E-state index is 0.324. The first-order valence-electron chi connectivity index (χ1n) is 6.44. The second-order valence-electron chi connectivity index (χ2n) is 4.94. The van der Waals surface area contributed by atoms with Gasteiger partial charge in [-0.3, -0.25) is 4.90 Å². The van der Waals surface area contributed by atoms with E-state index >= 15 is 0 Å². The molecular formula is C13H21BrN2OS. The molecule has 1 aliphatic rings. The van der Waals surface area contributed by atoms with Gasteiger partial charge in [0.1, 0.15) is 0 Å². The van der Waals surface area contributed by atoms with Crippen LogP contribution in [0.25, 0.3) is 0 Å². The largest absolute Gasteiger partial charge is 0.374 e. The topological polar surface area (TPSA) is 24.5 Å². The molecule has 1 aliphatic heterocycles. The molecule has 0 amide bonds. The highest BCUT2D eigenvalue weighted by molar-refractivity contribution is 9.10. The van der Waals surface area contributed by atoms with Gasteiger partial charge in [0.2, 0.25) is 0 Å². The molecule has 3 nitrogen and oxygen atoms in total. The van der Waals surface area contributed by atoms with Crippen molar-refractivity contribution in [3.8, 4) is 0 Å². The molecule has 1 aromatic rings. The number of halogens is 1. The Hall–Kier alpha value is 0.0600. The standard InChI is InChI=1S/C13H21BrN2OS/c1-10(2)16-3-4-17-12(8-16)6-15-7-13-5-11(14)9-18-13/h5,9-10,12,15H,3-4,6-8H2,1-2H3. The fraction of sp³-hybridized carbons (Fsp3) is 0.692. The summed E-state index contributed by atoms with van der Waals surface area (Å²) in [6.45, 7) is 9.31. The lowest BCUT2D eigenvalue weighted by atomic mass is 10.2. The van der Waals surface area contributed by atoms with E-state index in [2.05, 4.69) is 51.4 Å². The molecule has 2 rings (SSSR count). The van der Waals surface area contributed by atoms with Crippen molar-refractivity contribution in [2.24, 2.45) is 0 Å². The highest BCUT2D eigenvalue weighted by atomic mass is 79.9. The summed E-state index contributed by atoms with van der Waals surface area (Å²) >= 11 is 5.26.